The minimum Gasteiger partial charge on any atom is -0.329 e. The van der Waals surface area contributed by atoms with Crippen LogP contribution in [-0.4, -0.2) is 13.1 Å². The summed E-state index contributed by atoms with van der Waals surface area (Å²) in [6, 6.07) is 2.02. The normalized spacial score (nSPS) is 13.9. The third-order valence-electron chi connectivity index (χ3n) is 2.66. The van der Waals surface area contributed by atoms with Gasteiger partial charge in [0.15, 0.2) is 0 Å². The topological polar surface area (TPSA) is 38.0 Å². The molecule has 0 heterocycles. The van der Waals surface area contributed by atoms with Gasteiger partial charge in [0.25, 0.3) is 0 Å². The summed E-state index contributed by atoms with van der Waals surface area (Å²) in [6.45, 7) is 4.63. The Labute approximate surface area is 110 Å². The Hall–Kier alpha value is -1.14. The molecule has 0 radical (unpaired) electrons. The van der Waals surface area contributed by atoms with Crippen LogP contribution >= 0.6 is 0 Å². The molecule has 0 aliphatic heterocycles. The molecule has 0 aromatic heterocycles. The summed E-state index contributed by atoms with van der Waals surface area (Å²) in [5.41, 5.74) is 4.76. The van der Waals surface area contributed by atoms with Crippen LogP contribution in [-0.2, 0) is 6.18 Å². The molecule has 0 aliphatic carbocycles. The lowest BCUT2D eigenvalue weighted by molar-refractivity contribution is -0.137. The molecule has 0 fully saturated rings. The van der Waals surface area contributed by atoms with Crippen molar-refractivity contribution in [2.45, 2.75) is 26.1 Å². The van der Waals surface area contributed by atoms with Crippen LogP contribution in [0.15, 0.2) is 18.2 Å². The van der Waals surface area contributed by atoms with Crippen molar-refractivity contribution in [3.8, 4) is 0 Å². The average molecular weight is 278 g/mol. The summed E-state index contributed by atoms with van der Waals surface area (Å²) in [5, 5.41) is 3.03. The quantitative estimate of drug-likeness (QED) is 0.812. The number of hydrogen-bond donors (Lipinski definition) is 2. The van der Waals surface area contributed by atoms with Crippen LogP contribution in [0.1, 0.15) is 31.0 Å². The zero-order valence-corrected chi connectivity index (χ0v) is 10.9. The highest BCUT2D eigenvalue weighted by molar-refractivity contribution is 5.29. The zero-order chi connectivity index (χ0) is 14.6. The van der Waals surface area contributed by atoms with E-state index in [4.69, 9.17) is 5.73 Å². The molecular formula is C13H18F4N2. The minimum atomic E-state index is -4.56. The molecule has 0 saturated carbocycles. The molecule has 0 bridgehead atoms. The highest BCUT2D eigenvalue weighted by Gasteiger charge is 2.31. The second-order valence-electron chi connectivity index (χ2n) is 4.86. The highest BCUT2D eigenvalue weighted by Crippen LogP contribution is 2.31. The van der Waals surface area contributed by atoms with E-state index in [1.807, 2.05) is 13.8 Å². The Morgan fingerprint density at radius 3 is 2.32 bits per heavy atom. The first kappa shape index (κ1) is 15.9. The summed E-state index contributed by atoms with van der Waals surface area (Å²) in [4.78, 5) is 0. The Morgan fingerprint density at radius 2 is 1.84 bits per heavy atom. The van der Waals surface area contributed by atoms with Gasteiger partial charge < -0.3 is 11.1 Å². The number of rotatable bonds is 5. The third kappa shape index (κ3) is 4.80. The standard InChI is InChI=1S/C13H18F4N2/c1-8(2)7-19-12(6-18)9-3-10(13(15,16)17)5-11(14)4-9/h3-5,8,12,19H,6-7,18H2,1-2H3. The first-order valence-corrected chi connectivity index (χ1v) is 6.05. The van der Waals surface area contributed by atoms with Crippen molar-refractivity contribution in [3.05, 3.63) is 35.1 Å². The van der Waals surface area contributed by atoms with Gasteiger partial charge in [-0.2, -0.15) is 13.2 Å². The average Bonchev–Trinajstić information content (AvgIpc) is 2.27. The fourth-order valence-corrected chi connectivity index (χ4v) is 1.69. The smallest absolute Gasteiger partial charge is 0.329 e. The van der Waals surface area contributed by atoms with Gasteiger partial charge in [-0.3, -0.25) is 0 Å². The van der Waals surface area contributed by atoms with Crippen molar-refractivity contribution < 1.29 is 17.6 Å². The fourth-order valence-electron chi connectivity index (χ4n) is 1.69. The van der Waals surface area contributed by atoms with Crippen molar-refractivity contribution >= 4 is 0 Å². The van der Waals surface area contributed by atoms with Crippen LogP contribution in [0.4, 0.5) is 17.6 Å². The van der Waals surface area contributed by atoms with Crippen molar-refractivity contribution in [1.82, 2.24) is 5.32 Å². The number of nitrogens with two attached hydrogens (primary N) is 1. The third-order valence-corrected chi connectivity index (χ3v) is 2.66. The molecule has 6 heteroatoms. The van der Waals surface area contributed by atoms with Crippen LogP contribution in [0, 0.1) is 11.7 Å². The van der Waals surface area contributed by atoms with Gasteiger partial charge in [0.2, 0.25) is 0 Å². The molecular weight excluding hydrogens is 260 g/mol. The minimum absolute atomic E-state index is 0.105. The lowest BCUT2D eigenvalue weighted by Gasteiger charge is -2.20. The molecule has 1 atom stereocenters. The van der Waals surface area contributed by atoms with Gasteiger partial charge in [-0.05, 0) is 36.2 Å². The summed E-state index contributed by atoms with van der Waals surface area (Å²) < 4.78 is 51.1. The van der Waals surface area contributed by atoms with Crippen LogP contribution in [0.2, 0.25) is 0 Å². The van der Waals surface area contributed by atoms with E-state index in [-0.39, 0.29) is 12.1 Å². The second-order valence-corrected chi connectivity index (χ2v) is 4.86. The van der Waals surface area contributed by atoms with Crippen LogP contribution in [0.5, 0.6) is 0 Å². The van der Waals surface area contributed by atoms with Crippen molar-refractivity contribution in [1.29, 1.82) is 0 Å². The predicted octanol–water partition coefficient (Wildman–Crippen LogP) is 3.09. The SMILES string of the molecule is CC(C)CNC(CN)c1cc(F)cc(C(F)(F)F)c1. The van der Waals surface area contributed by atoms with E-state index in [9.17, 15) is 17.6 Å². The molecule has 0 aliphatic rings. The largest absolute Gasteiger partial charge is 0.416 e. The summed E-state index contributed by atoms with van der Waals surface area (Å²) in [7, 11) is 0. The molecule has 19 heavy (non-hydrogen) atoms. The van der Waals surface area contributed by atoms with Gasteiger partial charge in [-0.25, -0.2) is 4.39 Å². The van der Waals surface area contributed by atoms with Crippen molar-refractivity contribution in [3.63, 3.8) is 0 Å². The maximum atomic E-state index is 13.3. The Balaban J connectivity index is 3.00. The number of nitrogens with one attached hydrogen (secondary N) is 1. The highest BCUT2D eigenvalue weighted by atomic mass is 19.4. The molecule has 108 valence electrons. The van der Waals surface area contributed by atoms with E-state index in [0.29, 0.717) is 18.5 Å². The lowest BCUT2D eigenvalue weighted by Crippen LogP contribution is -2.31. The molecule has 2 nitrogen and oxygen atoms in total. The Bertz CT molecular complexity index is 416. The number of alkyl halides is 3. The lowest BCUT2D eigenvalue weighted by atomic mass is 10.0. The van der Waals surface area contributed by atoms with Gasteiger partial charge in [0.05, 0.1) is 5.56 Å². The molecule has 1 aromatic carbocycles. The van der Waals surface area contributed by atoms with Crippen LogP contribution in [0.3, 0.4) is 0 Å². The molecule has 1 unspecified atom stereocenters. The van der Waals surface area contributed by atoms with E-state index < -0.39 is 23.6 Å². The van der Waals surface area contributed by atoms with Crippen LogP contribution < -0.4 is 11.1 Å². The first-order valence-electron chi connectivity index (χ1n) is 6.05. The van der Waals surface area contributed by atoms with E-state index in [1.54, 1.807) is 0 Å². The number of halogens is 4. The van der Waals surface area contributed by atoms with Gasteiger partial charge in [-0.1, -0.05) is 13.8 Å². The van der Waals surface area contributed by atoms with Crippen molar-refractivity contribution in [2.24, 2.45) is 11.7 Å². The first-order chi connectivity index (χ1) is 8.74. The molecule has 3 N–H and O–H groups in total. The molecule has 0 amide bonds. The Morgan fingerprint density at radius 1 is 1.21 bits per heavy atom. The maximum Gasteiger partial charge on any atom is 0.416 e. The molecule has 1 rings (SSSR count). The fraction of sp³-hybridized carbons (Fsp3) is 0.538. The number of hydrogen-bond acceptors (Lipinski definition) is 2. The maximum absolute atomic E-state index is 13.3. The monoisotopic (exact) mass is 278 g/mol. The number of benzene rings is 1. The molecule has 1 aromatic rings. The predicted molar refractivity (Wildman–Crippen MR) is 66.0 cm³/mol. The zero-order valence-electron chi connectivity index (χ0n) is 10.9. The Kier molecular flexibility index (Phi) is 5.31. The van der Waals surface area contributed by atoms with E-state index in [0.717, 1.165) is 12.1 Å². The van der Waals surface area contributed by atoms with E-state index in [2.05, 4.69) is 5.32 Å². The second kappa shape index (κ2) is 6.34. The van der Waals surface area contributed by atoms with Gasteiger partial charge in [-0.15, -0.1) is 0 Å². The summed E-state index contributed by atoms with van der Waals surface area (Å²) >= 11 is 0. The molecule has 0 spiro atoms. The van der Waals surface area contributed by atoms with Gasteiger partial charge in [0, 0.05) is 12.6 Å². The molecule has 0 saturated heterocycles. The van der Waals surface area contributed by atoms with E-state index in [1.165, 1.54) is 0 Å². The van der Waals surface area contributed by atoms with Crippen LogP contribution in [0.25, 0.3) is 0 Å². The van der Waals surface area contributed by atoms with E-state index >= 15 is 0 Å². The van der Waals surface area contributed by atoms with Gasteiger partial charge >= 0.3 is 6.18 Å². The summed E-state index contributed by atoms with van der Waals surface area (Å²) in [6.07, 6.45) is -4.56. The summed E-state index contributed by atoms with van der Waals surface area (Å²) in [5.74, 6) is -0.584. The van der Waals surface area contributed by atoms with Gasteiger partial charge in [0.1, 0.15) is 5.82 Å². The van der Waals surface area contributed by atoms with Crippen molar-refractivity contribution in [2.75, 3.05) is 13.1 Å².